The van der Waals surface area contributed by atoms with Crippen molar-refractivity contribution in [2.75, 3.05) is 18.0 Å². The minimum atomic E-state index is -0.0821. The van der Waals surface area contributed by atoms with E-state index in [2.05, 4.69) is 5.10 Å². The number of anilines is 1. The van der Waals surface area contributed by atoms with Gasteiger partial charge in [-0.15, -0.1) is 0 Å². The second kappa shape index (κ2) is 4.55. The Kier molecular flexibility index (Phi) is 3.03. The predicted molar refractivity (Wildman–Crippen MR) is 71.0 cm³/mol. The molecule has 1 aliphatic heterocycles. The van der Waals surface area contributed by atoms with E-state index in [0.717, 1.165) is 0 Å². The van der Waals surface area contributed by atoms with Crippen LogP contribution in [0.2, 0.25) is 5.02 Å². The Morgan fingerprint density at radius 2 is 2.17 bits per heavy atom. The van der Waals surface area contributed by atoms with Gasteiger partial charge in [0.2, 0.25) is 0 Å². The first-order chi connectivity index (χ1) is 8.65. The molecule has 1 aromatic heterocycles. The van der Waals surface area contributed by atoms with Gasteiger partial charge < -0.3 is 10.6 Å². The summed E-state index contributed by atoms with van der Waals surface area (Å²) in [6, 6.07) is 0.147. The Morgan fingerprint density at radius 1 is 1.44 bits per heavy atom. The zero-order valence-corrected chi connectivity index (χ0v) is 10.9. The normalized spacial score (nSPS) is 20.7. The molecule has 0 amide bonds. The van der Waals surface area contributed by atoms with E-state index in [4.69, 9.17) is 17.3 Å². The van der Waals surface area contributed by atoms with Gasteiger partial charge in [0.15, 0.2) is 0 Å². The summed E-state index contributed by atoms with van der Waals surface area (Å²) in [5.74, 6) is 0.600. The van der Waals surface area contributed by atoms with E-state index in [9.17, 15) is 4.79 Å². The van der Waals surface area contributed by atoms with Crippen LogP contribution in [-0.2, 0) is 6.54 Å². The topological polar surface area (TPSA) is 64.2 Å². The molecule has 0 aromatic carbocycles. The molecule has 0 spiro atoms. The highest BCUT2D eigenvalue weighted by molar-refractivity contribution is 6.33. The van der Waals surface area contributed by atoms with Crippen molar-refractivity contribution in [1.82, 2.24) is 9.78 Å². The Hall–Kier alpha value is -1.07. The molecule has 2 heterocycles. The van der Waals surface area contributed by atoms with Gasteiger partial charge in [0.1, 0.15) is 5.69 Å². The van der Waals surface area contributed by atoms with Crippen molar-refractivity contribution in [2.24, 2.45) is 11.7 Å². The summed E-state index contributed by atoms with van der Waals surface area (Å²) in [6.07, 6.45) is 5.23. The average Bonchev–Trinajstić information content (AvgIpc) is 2.23. The molecule has 18 heavy (non-hydrogen) atoms. The fourth-order valence-electron chi connectivity index (χ4n) is 2.49. The highest BCUT2D eigenvalue weighted by Gasteiger charge is 2.28. The Balaban J connectivity index is 1.87. The standard InChI is InChI=1S/C12H17ClN4O/c13-10-4-15-17(5-8-2-1-3-8)12(18)11(10)16-6-9(14)7-16/h4,8-9H,1-3,5-7,14H2. The molecule has 1 saturated carbocycles. The molecule has 1 aliphatic carbocycles. The van der Waals surface area contributed by atoms with Gasteiger partial charge in [0, 0.05) is 25.7 Å². The van der Waals surface area contributed by atoms with Gasteiger partial charge in [-0.3, -0.25) is 4.79 Å². The largest absolute Gasteiger partial charge is 0.363 e. The maximum absolute atomic E-state index is 12.3. The van der Waals surface area contributed by atoms with Crippen LogP contribution in [0.4, 0.5) is 5.69 Å². The highest BCUT2D eigenvalue weighted by Crippen LogP contribution is 2.28. The summed E-state index contributed by atoms with van der Waals surface area (Å²) in [5.41, 5.74) is 6.23. The lowest BCUT2D eigenvalue weighted by Crippen LogP contribution is -2.57. The lowest BCUT2D eigenvalue weighted by Gasteiger charge is -2.38. The molecule has 5 nitrogen and oxygen atoms in total. The molecule has 2 fully saturated rings. The number of hydrogen-bond donors (Lipinski definition) is 1. The molecule has 0 unspecified atom stereocenters. The number of rotatable bonds is 3. The van der Waals surface area contributed by atoms with Crippen molar-refractivity contribution in [3.05, 3.63) is 21.6 Å². The zero-order chi connectivity index (χ0) is 12.7. The van der Waals surface area contributed by atoms with Crippen LogP contribution in [0.1, 0.15) is 19.3 Å². The Morgan fingerprint density at radius 3 is 2.72 bits per heavy atom. The van der Waals surface area contributed by atoms with Crippen LogP contribution in [0.15, 0.2) is 11.0 Å². The van der Waals surface area contributed by atoms with E-state index in [0.29, 0.717) is 36.3 Å². The van der Waals surface area contributed by atoms with Crippen molar-refractivity contribution >= 4 is 17.3 Å². The van der Waals surface area contributed by atoms with Gasteiger partial charge in [0.05, 0.1) is 11.2 Å². The number of halogens is 1. The number of aromatic nitrogens is 2. The van der Waals surface area contributed by atoms with E-state index in [1.54, 1.807) is 10.9 Å². The van der Waals surface area contributed by atoms with Crippen molar-refractivity contribution in [3.63, 3.8) is 0 Å². The number of nitrogens with two attached hydrogens (primary N) is 1. The Labute approximate surface area is 111 Å². The van der Waals surface area contributed by atoms with Gasteiger partial charge in [-0.2, -0.15) is 5.10 Å². The summed E-state index contributed by atoms with van der Waals surface area (Å²) in [6.45, 7) is 2.10. The summed E-state index contributed by atoms with van der Waals surface area (Å²) in [5, 5.41) is 4.56. The van der Waals surface area contributed by atoms with Crippen LogP contribution < -0.4 is 16.2 Å². The molecule has 2 aliphatic rings. The summed E-state index contributed by atoms with van der Waals surface area (Å²) in [4.78, 5) is 14.3. The SMILES string of the molecule is NC1CN(c2c(Cl)cnn(CC3CCC3)c2=O)C1. The lowest BCUT2D eigenvalue weighted by atomic mass is 9.85. The second-order valence-electron chi connectivity index (χ2n) is 5.29. The minimum absolute atomic E-state index is 0.0821. The molecule has 1 aromatic rings. The average molecular weight is 269 g/mol. The molecule has 0 atom stereocenters. The quantitative estimate of drug-likeness (QED) is 0.883. The van der Waals surface area contributed by atoms with Gasteiger partial charge >= 0.3 is 0 Å². The molecule has 98 valence electrons. The van der Waals surface area contributed by atoms with Crippen LogP contribution in [-0.4, -0.2) is 28.9 Å². The maximum Gasteiger partial charge on any atom is 0.291 e. The molecule has 1 saturated heterocycles. The summed E-state index contributed by atoms with van der Waals surface area (Å²) >= 11 is 6.08. The molecule has 0 radical (unpaired) electrons. The Bertz CT molecular complexity index is 505. The van der Waals surface area contributed by atoms with Gasteiger partial charge in [0.25, 0.3) is 5.56 Å². The number of hydrogen-bond acceptors (Lipinski definition) is 4. The third kappa shape index (κ3) is 2.01. The number of nitrogens with zero attached hydrogens (tertiary/aromatic N) is 3. The first-order valence-electron chi connectivity index (χ1n) is 6.41. The predicted octanol–water partition coefficient (Wildman–Crippen LogP) is 0.844. The molecule has 3 rings (SSSR count). The smallest absolute Gasteiger partial charge is 0.291 e. The third-order valence-electron chi connectivity index (χ3n) is 3.86. The summed E-state index contributed by atoms with van der Waals surface area (Å²) in [7, 11) is 0. The first-order valence-corrected chi connectivity index (χ1v) is 6.79. The molecule has 2 N–H and O–H groups in total. The lowest BCUT2D eigenvalue weighted by molar-refractivity contribution is 0.261. The van der Waals surface area contributed by atoms with Crippen LogP contribution in [0, 0.1) is 5.92 Å². The van der Waals surface area contributed by atoms with E-state index < -0.39 is 0 Å². The van der Waals surface area contributed by atoms with Crippen molar-refractivity contribution < 1.29 is 0 Å². The minimum Gasteiger partial charge on any atom is -0.363 e. The molecule has 6 heteroatoms. The third-order valence-corrected chi connectivity index (χ3v) is 4.13. The fourth-order valence-corrected chi connectivity index (χ4v) is 2.73. The molecular formula is C12H17ClN4O. The second-order valence-corrected chi connectivity index (χ2v) is 5.70. The van der Waals surface area contributed by atoms with Gasteiger partial charge in [-0.1, -0.05) is 18.0 Å². The highest BCUT2D eigenvalue weighted by atomic mass is 35.5. The van der Waals surface area contributed by atoms with Gasteiger partial charge in [-0.05, 0) is 18.8 Å². The van der Waals surface area contributed by atoms with E-state index in [1.807, 2.05) is 4.90 Å². The van der Waals surface area contributed by atoms with Crippen molar-refractivity contribution in [1.29, 1.82) is 0 Å². The van der Waals surface area contributed by atoms with Crippen LogP contribution in [0.25, 0.3) is 0 Å². The molecule has 0 bridgehead atoms. The van der Waals surface area contributed by atoms with E-state index in [1.165, 1.54) is 19.3 Å². The van der Waals surface area contributed by atoms with Crippen molar-refractivity contribution in [3.8, 4) is 0 Å². The van der Waals surface area contributed by atoms with Crippen LogP contribution >= 0.6 is 11.6 Å². The monoisotopic (exact) mass is 268 g/mol. The zero-order valence-electron chi connectivity index (χ0n) is 10.2. The van der Waals surface area contributed by atoms with Crippen LogP contribution in [0.5, 0.6) is 0 Å². The maximum atomic E-state index is 12.3. The van der Waals surface area contributed by atoms with Crippen molar-refractivity contribution in [2.45, 2.75) is 31.8 Å². The van der Waals surface area contributed by atoms with E-state index in [-0.39, 0.29) is 11.6 Å². The van der Waals surface area contributed by atoms with Crippen LogP contribution in [0.3, 0.4) is 0 Å². The van der Waals surface area contributed by atoms with Gasteiger partial charge in [-0.25, -0.2) is 4.68 Å². The summed E-state index contributed by atoms with van der Waals surface area (Å²) < 4.78 is 1.55. The van der Waals surface area contributed by atoms with E-state index >= 15 is 0 Å². The molecular weight excluding hydrogens is 252 g/mol. The fraction of sp³-hybridized carbons (Fsp3) is 0.667. The first kappa shape index (κ1) is 12.0.